The summed E-state index contributed by atoms with van der Waals surface area (Å²) < 4.78 is 6.18. The van der Waals surface area contributed by atoms with Crippen LogP contribution in [-0.4, -0.2) is 20.6 Å². The fourth-order valence-electron chi connectivity index (χ4n) is 2.42. The van der Waals surface area contributed by atoms with E-state index in [1.165, 1.54) is 10.9 Å². The van der Waals surface area contributed by atoms with E-state index in [0.717, 1.165) is 16.8 Å². The van der Waals surface area contributed by atoms with Gasteiger partial charge in [-0.15, -0.1) is 0 Å². The Hall–Kier alpha value is -2.96. The summed E-state index contributed by atoms with van der Waals surface area (Å²) in [6.07, 6.45) is 1.29. The van der Waals surface area contributed by atoms with Crippen molar-refractivity contribution in [2.24, 2.45) is 0 Å². The van der Waals surface area contributed by atoms with Crippen LogP contribution >= 0.6 is 0 Å². The molecular formula is C16H16N4O3. The lowest BCUT2D eigenvalue weighted by Gasteiger charge is -2.10. The van der Waals surface area contributed by atoms with Crippen molar-refractivity contribution >= 4 is 22.7 Å². The van der Waals surface area contributed by atoms with Crippen LogP contribution in [0.2, 0.25) is 0 Å². The third-order valence-electron chi connectivity index (χ3n) is 3.60. The molecule has 118 valence electrons. The van der Waals surface area contributed by atoms with Crippen LogP contribution in [0, 0.1) is 20.8 Å². The van der Waals surface area contributed by atoms with Gasteiger partial charge in [0.05, 0.1) is 5.69 Å². The number of aryl methyl sites for hydroxylation is 3. The molecule has 7 nitrogen and oxygen atoms in total. The van der Waals surface area contributed by atoms with Gasteiger partial charge in [0.15, 0.2) is 0 Å². The first kappa shape index (κ1) is 15.0. The van der Waals surface area contributed by atoms with Gasteiger partial charge in [0.25, 0.3) is 11.3 Å². The summed E-state index contributed by atoms with van der Waals surface area (Å²) in [6, 6.07) is 5.75. The van der Waals surface area contributed by atoms with E-state index in [0.29, 0.717) is 11.1 Å². The third-order valence-corrected chi connectivity index (χ3v) is 3.60. The van der Waals surface area contributed by atoms with E-state index in [-0.39, 0.29) is 23.7 Å². The standard InChI is InChI=1S/C16H16N4O3/c1-9-4-5-12(10(2)6-9)18-13(21)7-20-8-17-15-14(16(20)22)11(3)19-23-15/h4-6,8H,7H2,1-3H3,(H,18,21). The minimum Gasteiger partial charge on any atom is -0.335 e. The maximum absolute atomic E-state index is 12.4. The van der Waals surface area contributed by atoms with Crippen molar-refractivity contribution in [3.63, 3.8) is 0 Å². The molecule has 0 bridgehead atoms. The molecule has 0 aliphatic carbocycles. The smallest absolute Gasteiger partial charge is 0.267 e. The van der Waals surface area contributed by atoms with Gasteiger partial charge in [-0.05, 0) is 32.4 Å². The number of amides is 1. The molecule has 0 atom stereocenters. The summed E-state index contributed by atoms with van der Waals surface area (Å²) in [5, 5.41) is 6.82. The quantitative estimate of drug-likeness (QED) is 0.798. The molecule has 0 saturated carbocycles. The number of nitrogens with one attached hydrogen (secondary N) is 1. The summed E-state index contributed by atoms with van der Waals surface area (Å²) >= 11 is 0. The minimum absolute atomic E-state index is 0.125. The maximum atomic E-state index is 12.4. The molecule has 3 rings (SSSR count). The first-order valence-electron chi connectivity index (χ1n) is 7.14. The Morgan fingerprint density at radius 3 is 2.83 bits per heavy atom. The van der Waals surface area contributed by atoms with Crippen LogP contribution in [0.3, 0.4) is 0 Å². The zero-order valence-electron chi connectivity index (χ0n) is 13.1. The SMILES string of the molecule is Cc1ccc(NC(=O)Cn2cnc3onc(C)c3c2=O)c(C)c1. The van der Waals surface area contributed by atoms with E-state index in [9.17, 15) is 9.59 Å². The van der Waals surface area contributed by atoms with Crippen molar-refractivity contribution in [2.75, 3.05) is 5.32 Å². The summed E-state index contributed by atoms with van der Waals surface area (Å²) in [6.45, 7) is 5.44. The van der Waals surface area contributed by atoms with E-state index in [2.05, 4.69) is 15.5 Å². The van der Waals surface area contributed by atoms with Crippen LogP contribution in [0.5, 0.6) is 0 Å². The number of fused-ring (bicyclic) bond motifs is 1. The molecule has 1 aromatic carbocycles. The number of anilines is 1. The van der Waals surface area contributed by atoms with E-state index in [4.69, 9.17) is 4.52 Å². The Morgan fingerprint density at radius 2 is 2.09 bits per heavy atom. The Labute approximate surface area is 131 Å². The van der Waals surface area contributed by atoms with Crippen LogP contribution in [-0.2, 0) is 11.3 Å². The highest BCUT2D eigenvalue weighted by atomic mass is 16.5. The van der Waals surface area contributed by atoms with Crippen molar-refractivity contribution < 1.29 is 9.32 Å². The molecule has 0 aliphatic rings. The van der Waals surface area contributed by atoms with Gasteiger partial charge in [-0.2, -0.15) is 0 Å². The summed E-state index contributed by atoms with van der Waals surface area (Å²) in [7, 11) is 0. The fraction of sp³-hybridized carbons (Fsp3) is 0.250. The molecule has 0 fully saturated rings. The highest BCUT2D eigenvalue weighted by Crippen LogP contribution is 2.16. The lowest BCUT2D eigenvalue weighted by Crippen LogP contribution is -2.28. The topological polar surface area (TPSA) is 90.0 Å². The van der Waals surface area contributed by atoms with E-state index in [1.54, 1.807) is 6.92 Å². The van der Waals surface area contributed by atoms with Crippen LogP contribution in [0.4, 0.5) is 5.69 Å². The Kier molecular flexibility index (Phi) is 3.69. The predicted molar refractivity (Wildman–Crippen MR) is 85.3 cm³/mol. The van der Waals surface area contributed by atoms with E-state index >= 15 is 0 Å². The number of hydrogen-bond acceptors (Lipinski definition) is 5. The molecule has 0 aliphatic heterocycles. The number of hydrogen-bond donors (Lipinski definition) is 1. The molecule has 3 aromatic rings. The van der Waals surface area contributed by atoms with Crippen molar-refractivity contribution in [1.29, 1.82) is 0 Å². The lowest BCUT2D eigenvalue weighted by atomic mass is 10.1. The second kappa shape index (κ2) is 5.68. The molecule has 1 amide bonds. The monoisotopic (exact) mass is 312 g/mol. The Balaban J connectivity index is 1.84. The second-order valence-corrected chi connectivity index (χ2v) is 5.49. The molecule has 23 heavy (non-hydrogen) atoms. The highest BCUT2D eigenvalue weighted by molar-refractivity contribution is 5.91. The van der Waals surface area contributed by atoms with Crippen molar-refractivity contribution in [1.82, 2.24) is 14.7 Å². The molecular weight excluding hydrogens is 296 g/mol. The van der Waals surface area contributed by atoms with Crippen LogP contribution in [0.1, 0.15) is 16.8 Å². The number of nitrogens with zero attached hydrogens (tertiary/aromatic N) is 3. The van der Waals surface area contributed by atoms with E-state index < -0.39 is 0 Å². The zero-order valence-corrected chi connectivity index (χ0v) is 13.1. The van der Waals surface area contributed by atoms with Crippen molar-refractivity contribution in [3.8, 4) is 0 Å². The maximum Gasteiger partial charge on any atom is 0.267 e. The number of carbonyl (C=O) groups is 1. The molecule has 2 heterocycles. The number of aromatic nitrogens is 3. The fourth-order valence-corrected chi connectivity index (χ4v) is 2.42. The van der Waals surface area contributed by atoms with Gasteiger partial charge in [0.2, 0.25) is 5.91 Å². The zero-order chi connectivity index (χ0) is 16.6. The summed E-state index contributed by atoms with van der Waals surface area (Å²) in [5.41, 5.74) is 3.11. The van der Waals surface area contributed by atoms with Crippen molar-refractivity contribution in [3.05, 3.63) is 51.7 Å². The van der Waals surface area contributed by atoms with Crippen LogP contribution in [0.25, 0.3) is 11.1 Å². The largest absolute Gasteiger partial charge is 0.335 e. The van der Waals surface area contributed by atoms with Gasteiger partial charge in [-0.25, -0.2) is 4.98 Å². The second-order valence-electron chi connectivity index (χ2n) is 5.49. The molecule has 1 N–H and O–H groups in total. The van der Waals surface area contributed by atoms with Gasteiger partial charge < -0.3 is 9.84 Å². The molecule has 2 aromatic heterocycles. The Bertz CT molecular complexity index is 956. The van der Waals surface area contributed by atoms with Gasteiger partial charge in [-0.3, -0.25) is 14.2 Å². The Morgan fingerprint density at radius 1 is 1.30 bits per heavy atom. The van der Waals surface area contributed by atoms with E-state index in [1.807, 2.05) is 32.0 Å². The number of benzene rings is 1. The lowest BCUT2D eigenvalue weighted by molar-refractivity contribution is -0.116. The van der Waals surface area contributed by atoms with Gasteiger partial charge in [0, 0.05) is 5.69 Å². The summed E-state index contributed by atoms with van der Waals surface area (Å²) in [4.78, 5) is 28.6. The highest BCUT2D eigenvalue weighted by Gasteiger charge is 2.14. The normalized spacial score (nSPS) is 10.9. The molecule has 0 spiro atoms. The van der Waals surface area contributed by atoms with Crippen LogP contribution in [0.15, 0.2) is 33.8 Å². The molecule has 7 heteroatoms. The minimum atomic E-state index is -0.343. The third kappa shape index (κ3) is 2.85. The first-order chi connectivity index (χ1) is 11.0. The van der Waals surface area contributed by atoms with Gasteiger partial charge in [0.1, 0.15) is 18.3 Å². The predicted octanol–water partition coefficient (Wildman–Crippen LogP) is 1.95. The molecule has 0 unspecified atom stereocenters. The van der Waals surface area contributed by atoms with Gasteiger partial charge >= 0.3 is 0 Å². The van der Waals surface area contributed by atoms with Crippen molar-refractivity contribution in [2.45, 2.75) is 27.3 Å². The average Bonchev–Trinajstić information content (AvgIpc) is 2.87. The average molecular weight is 312 g/mol. The first-order valence-corrected chi connectivity index (χ1v) is 7.14. The van der Waals surface area contributed by atoms with Crippen LogP contribution < -0.4 is 10.9 Å². The van der Waals surface area contributed by atoms with Gasteiger partial charge in [-0.1, -0.05) is 22.9 Å². The summed E-state index contributed by atoms with van der Waals surface area (Å²) in [5.74, 6) is -0.297. The number of carbonyl (C=O) groups excluding carboxylic acids is 1. The molecule has 0 radical (unpaired) electrons. The molecule has 0 saturated heterocycles. The number of rotatable bonds is 3.